The number of nitrogens with one attached hydrogen (secondary N) is 1. The highest BCUT2D eigenvalue weighted by Crippen LogP contribution is 2.23. The molecule has 90 valence electrons. The van der Waals surface area contributed by atoms with Crippen LogP contribution in [0.3, 0.4) is 0 Å². The Kier molecular flexibility index (Phi) is 3.58. The van der Waals surface area contributed by atoms with E-state index in [2.05, 4.69) is 15.3 Å². The summed E-state index contributed by atoms with van der Waals surface area (Å²) in [5, 5.41) is 3.56. The minimum Gasteiger partial charge on any atom is -0.434 e. The van der Waals surface area contributed by atoms with Crippen LogP contribution in [-0.4, -0.2) is 23.3 Å². The van der Waals surface area contributed by atoms with Gasteiger partial charge in [-0.05, 0) is 12.1 Å². The lowest BCUT2D eigenvalue weighted by molar-refractivity contribution is -0.0499. The van der Waals surface area contributed by atoms with E-state index in [-0.39, 0.29) is 11.0 Å². The normalized spacial score (nSPS) is 15.5. The van der Waals surface area contributed by atoms with Crippen LogP contribution in [0.4, 0.5) is 13.6 Å². The molecule has 0 radical (unpaired) electrons. The maximum Gasteiger partial charge on any atom is 0.387 e. The SMILES string of the molecule is O=C1NN=C(c2ccccc2OC(F)F)CS1. The van der Waals surface area contributed by atoms with Crippen LogP contribution in [0.25, 0.3) is 0 Å². The average Bonchev–Trinajstić information content (AvgIpc) is 2.30. The van der Waals surface area contributed by atoms with E-state index >= 15 is 0 Å². The van der Waals surface area contributed by atoms with E-state index in [0.717, 1.165) is 11.8 Å². The van der Waals surface area contributed by atoms with Crippen molar-refractivity contribution in [2.45, 2.75) is 6.61 Å². The number of benzene rings is 1. The summed E-state index contributed by atoms with van der Waals surface area (Å²) < 4.78 is 28.8. The van der Waals surface area contributed by atoms with Crippen LogP contribution in [0.5, 0.6) is 5.75 Å². The highest BCUT2D eigenvalue weighted by molar-refractivity contribution is 8.14. The molecule has 0 atom stereocenters. The summed E-state index contributed by atoms with van der Waals surface area (Å²) in [5.41, 5.74) is 3.24. The number of alkyl halides is 2. The van der Waals surface area contributed by atoms with E-state index in [0.29, 0.717) is 17.0 Å². The summed E-state index contributed by atoms with van der Waals surface area (Å²) in [4.78, 5) is 10.9. The molecule has 0 saturated carbocycles. The standard InChI is InChI=1S/C10H8F2N2O2S/c11-9(12)16-8-4-2-1-3-6(8)7-5-17-10(15)14-13-7/h1-4,9H,5H2,(H,14,15). The van der Waals surface area contributed by atoms with Crippen molar-refractivity contribution in [2.75, 3.05) is 5.75 Å². The van der Waals surface area contributed by atoms with Crippen molar-refractivity contribution in [3.63, 3.8) is 0 Å². The molecule has 1 aromatic carbocycles. The molecule has 7 heteroatoms. The average molecular weight is 258 g/mol. The number of carbonyl (C=O) groups excluding carboxylic acids is 1. The Morgan fingerprint density at radius 1 is 1.41 bits per heavy atom. The van der Waals surface area contributed by atoms with Crippen LogP contribution in [-0.2, 0) is 0 Å². The fourth-order valence-corrected chi connectivity index (χ4v) is 1.95. The lowest BCUT2D eigenvalue weighted by Crippen LogP contribution is -2.24. The zero-order valence-electron chi connectivity index (χ0n) is 8.52. The van der Waals surface area contributed by atoms with Gasteiger partial charge in [0.1, 0.15) is 5.75 Å². The molecule has 1 aromatic rings. The number of amides is 1. The van der Waals surface area contributed by atoms with Crippen molar-refractivity contribution in [2.24, 2.45) is 5.10 Å². The molecule has 0 saturated heterocycles. The van der Waals surface area contributed by atoms with Gasteiger partial charge in [-0.2, -0.15) is 13.9 Å². The topological polar surface area (TPSA) is 50.7 Å². The number of halogens is 2. The Morgan fingerprint density at radius 3 is 2.82 bits per heavy atom. The quantitative estimate of drug-likeness (QED) is 0.906. The van der Waals surface area contributed by atoms with E-state index < -0.39 is 6.61 Å². The van der Waals surface area contributed by atoms with Gasteiger partial charge in [0, 0.05) is 11.3 Å². The molecular formula is C10H8F2N2O2S. The Balaban J connectivity index is 2.28. The largest absolute Gasteiger partial charge is 0.434 e. The maximum absolute atomic E-state index is 12.2. The van der Waals surface area contributed by atoms with E-state index in [4.69, 9.17) is 0 Å². The van der Waals surface area contributed by atoms with Crippen LogP contribution < -0.4 is 10.2 Å². The summed E-state index contributed by atoms with van der Waals surface area (Å²) in [6.07, 6.45) is 0. The first-order valence-electron chi connectivity index (χ1n) is 4.70. The molecule has 0 aliphatic carbocycles. The molecule has 0 fully saturated rings. The summed E-state index contributed by atoms with van der Waals surface area (Å²) in [6.45, 7) is -2.89. The molecule has 1 N–H and O–H groups in total. The van der Waals surface area contributed by atoms with Gasteiger partial charge in [0.2, 0.25) is 0 Å². The Labute approximate surface area is 100 Å². The Bertz CT molecular complexity index is 465. The smallest absolute Gasteiger partial charge is 0.387 e. The number of nitrogens with zero attached hydrogens (tertiary/aromatic N) is 1. The van der Waals surface area contributed by atoms with E-state index in [9.17, 15) is 13.6 Å². The molecule has 1 aliphatic heterocycles. The first kappa shape index (κ1) is 11.8. The summed E-state index contributed by atoms with van der Waals surface area (Å²) >= 11 is 1.02. The molecule has 17 heavy (non-hydrogen) atoms. The predicted octanol–water partition coefficient (Wildman–Crippen LogP) is 2.45. The summed E-state index contributed by atoms with van der Waals surface area (Å²) in [5.74, 6) is 0.383. The van der Waals surface area contributed by atoms with E-state index in [1.807, 2.05) is 0 Å². The highest BCUT2D eigenvalue weighted by atomic mass is 32.2. The monoisotopic (exact) mass is 258 g/mol. The second-order valence-electron chi connectivity index (χ2n) is 3.12. The van der Waals surface area contributed by atoms with E-state index in [1.54, 1.807) is 18.2 Å². The maximum atomic E-state index is 12.2. The minimum absolute atomic E-state index is 0.0537. The van der Waals surface area contributed by atoms with Crippen LogP contribution in [0, 0.1) is 0 Å². The number of para-hydroxylation sites is 1. The van der Waals surface area contributed by atoms with Crippen LogP contribution in [0.2, 0.25) is 0 Å². The zero-order valence-corrected chi connectivity index (χ0v) is 9.34. The molecule has 0 aromatic heterocycles. The van der Waals surface area contributed by atoms with Crippen molar-refractivity contribution < 1.29 is 18.3 Å². The number of hydrogen-bond donors (Lipinski definition) is 1. The second-order valence-corrected chi connectivity index (χ2v) is 4.07. The summed E-state index contributed by atoms with van der Waals surface area (Å²) in [7, 11) is 0. The lowest BCUT2D eigenvalue weighted by atomic mass is 10.1. The lowest BCUT2D eigenvalue weighted by Gasteiger charge is -2.14. The van der Waals surface area contributed by atoms with Crippen molar-refractivity contribution in [1.29, 1.82) is 0 Å². The van der Waals surface area contributed by atoms with Crippen molar-refractivity contribution >= 4 is 22.7 Å². The zero-order chi connectivity index (χ0) is 12.3. The molecule has 1 amide bonds. The summed E-state index contributed by atoms with van der Waals surface area (Å²) in [6, 6.07) is 6.34. The number of rotatable bonds is 3. The second kappa shape index (κ2) is 5.13. The van der Waals surface area contributed by atoms with Crippen LogP contribution in [0.1, 0.15) is 5.56 Å². The number of carbonyl (C=O) groups is 1. The van der Waals surface area contributed by atoms with Gasteiger partial charge in [0.05, 0.1) is 5.71 Å². The third-order valence-electron chi connectivity index (χ3n) is 2.04. The number of hydrogen-bond acceptors (Lipinski definition) is 4. The van der Waals surface area contributed by atoms with Gasteiger partial charge in [-0.25, -0.2) is 5.43 Å². The number of thioether (sulfide) groups is 1. The van der Waals surface area contributed by atoms with Gasteiger partial charge in [0.15, 0.2) is 0 Å². The molecule has 4 nitrogen and oxygen atoms in total. The third kappa shape index (κ3) is 2.94. The molecule has 0 bridgehead atoms. The fraction of sp³-hybridized carbons (Fsp3) is 0.200. The predicted molar refractivity (Wildman–Crippen MR) is 60.6 cm³/mol. The first-order valence-corrected chi connectivity index (χ1v) is 5.69. The van der Waals surface area contributed by atoms with Gasteiger partial charge < -0.3 is 4.74 Å². The van der Waals surface area contributed by atoms with E-state index in [1.165, 1.54) is 6.07 Å². The molecule has 0 spiro atoms. The fourth-order valence-electron chi connectivity index (χ4n) is 1.35. The Hall–Kier alpha value is -1.63. The molecule has 2 rings (SSSR count). The number of hydrazone groups is 1. The van der Waals surface area contributed by atoms with Gasteiger partial charge in [-0.1, -0.05) is 23.9 Å². The number of ether oxygens (including phenoxy) is 1. The molecule has 1 aliphatic rings. The minimum atomic E-state index is -2.89. The van der Waals surface area contributed by atoms with Gasteiger partial charge >= 0.3 is 6.61 Å². The molecular weight excluding hydrogens is 250 g/mol. The van der Waals surface area contributed by atoms with Gasteiger partial charge in [-0.3, -0.25) is 4.79 Å². The van der Waals surface area contributed by atoms with Crippen molar-refractivity contribution in [1.82, 2.24) is 5.43 Å². The first-order chi connectivity index (χ1) is 8.16. The van der Waals surface area contributed by atoms with Crippen LogP contribution >= 0.6 is 11.8 Å². The molecule has 1 heterocycles. The van der Waals surface area contributed by atoms with Gasteiger partial charge in [-0.15, -0.1) is 0 Å². The van der Waals surface area contributed by atoms with Crippen LogP contribution in [0.15, 0.2) is 29.4 Å². The Morgan fingerprint density at radius 2 is 2.18 bits per heavy atom. The molecule has 0 unspecified atom stereocenters. The van der Waals surface area contributed by atoms with Crippen molar-refractivity contribution in [3.8, 4) is 5.75 Å². The highest BCUT2D eigenvalue weighted by Gasteiger charge is 2.18. The van der Waals surface area contributed by atoms with Crippen molar-refractivity contribution in [3.05, 3.63) is 29.8 Å². The third-order valence-corrected chi connectivity index (χ3v) is 2.81. The van der Waals surface area contributed by atoms with Gasteiger partial charge in [0.25, 0.3) is 5.24 Å².